The molecule has 0 amide bonds. The van der Waals surface area contributed by atoms with E-state index >= 15 is 0 Å². The van der Waals surface area contributed by atoms with Crippen molar-refractivity contribution in [2.45, 2.75) is 0 Å². The second-order valence-electron chi connectivity index (χ2n) is 3.74. The molecule has 0 aliphatic carbocycles. The molecule has 0 aromatic heterocycles. The van der Waals surface area contributed by atoms with Crippen molar-refractivity contribution in [2.75, 3.05) is 39.6 Å². The molecule has 2 rings (SSSR count). The van der Waals surface area contributed by atoms with Gasteiger partial charge >= 0.3 is 6.72 Å². The quantitative estimate of drug-likeness (QED) is 0.782. The zero-order valence-electron chi connectivity index (χ0n) is 10.5. The summed E-state index contributed by atoms with van der Waals surface area (Å²) in [7, 11) is 0. The van der Waals surface area contributed by atoms with Crippen molar-refractivity contribution in [2.24, 2.45) is 0 Å². The van der Waals surface area contributed by atoms with E-state index in [1.807, 2.05) is 30.3 Å². The molecule has 1 heterocycles. The van der Waals surface area contributed by atoms with Gasteiger partial charge in [0.05, 0.1) is 39.6 Å². The van der Waals surface area contributed by atoms with Gasteiger partial charge in [-0.15, -0.1) is 0 Å². The van der Waals surface area contributed by atoms with E-state index in [0.29, 0.717) is 45.4 Å². The van der Waals surface area contributed by atoms with Crippen molar-refractivity contribution in [1.82, 2.24) is 0 Å². The van der Waals surface area contributed by atoms with Crippen LogP contribution in [0.25, 0.3) is 0 Å². The molecule has 0 N–H and O–H groups in total. The van der Waals surface area contributed by atoms with Gasteiger partial charge in [-0.3, -0.25) is 9.05 Å². The molecule has 1 aromatic carbocycles. The topological polar surface area (TPSA) is 46.2 Å². The summed E-state index contributed by atoms with van der Waals surface area (Å²) >= 11 is 5.36. The lowest BCUT2D eigenvalue weighted by Crippen LogP contribution is -2.08. The summed E-state index contributed by atoms with van der Waals surface area (Å²) in [5, 5.41) is 0. The van der Waals surface area contributed by atoms with Crippen LogP contribution in [-0.4, -0.2) is 39.6 Å². The molecule has 1 saturated heterocycles. The van der Waals surface area contributed by atoms with E-state index in [-0.39, 0.29) is 0 Å². The van der Waals surface area contributed by atoms with Crippen LogP contribution >= 0.6 is 6.72 Å². The molecular weight excluding hydrogens is 287 g/mol. The Morgan fingerprint density at radius 1 is 0.842 bits per heavy atom. The second-order valence-corrected chi connectivity index (χ2v) is 6.68. The lowest BCUT2D eigenvalue weighted by atomic mass is 10.3. The molecule has 0 bridgehead atoms. The summed E-state index contributed by atoms with van der Waals surface area (Å²) < 4.78 is 27.5. The number of para-hydroxylation sites is 1. The Hall–Kier alpha value is -0.490. The van der Waals surface area contributed by atoms with E-state index in [4.69, 9.17) is 34.9 Å². The Labute approximate surface area is 118 Å². The van der Waals surface area contributed by atoms with Crippen molar-refractivity contribution in [1.29, 1.82) is 0 Å². The van der Waals surface area contributed by atoms with Crippen molar-refractivity contribution in [3.63, 3.8) is 0 Å². The molecule has 106 valence electrons. The lowest BCUT2D eigenvalue weighted by molar-refractivity contribution is 0.0375. The maximum Gasteiger partial charge on any atom is 0.380 e. The standard InChI is InChI=1S/C12H17O5PS/c19-18(17-12-4-2-1-3-5-12)15-10-8-13-6-7-14-9-11-16-18/h1-5H,6-11H2. The third-order valence-corrected chi connectivity index (χ3v) is 4.57. The Morgan fingerprint density at radius 3 is 1.95 bits per heavy atom. The van der Waals surface area contributed by atoms with Crippen molar-refractivity contribution in [3.8, 4) is 5.75 Å². The third kappa shape index (κ3) is 5.57. The van der Waals surface area contributed by atoms with Gasteiger partial charge in [-0.05, 0) is 12.1 Å². The SMILES string of the molecule is S=P1(Oc2ccccc2)OCCOCCOCCO1. The van der Waals surface area contributed by atoms with Crippen LogP contribution in [0, 0.1) is 0 Å². The van der Waals surface area contributed by atoms with Crippen molar-refractivity contribution < 1.29 is 23.0 Å². The molecule has 0 radical (unpaired) electrons. The van der Waals surface area contributed by atoms with E-state index in [2.05, 4.69) is 0 Å². The molecule has 0 unspecified atom stereocenters. The van der Waals surface area contributed by atoms with Crippen LogP contribution in [0.3, 0.4) is 0 Å². The van der Waals surface area contributed by atoms with Gasteiger partial charge in [-0.1, -0.05) is 18.2 Å². The van der Waals surface area contributed by atoms with Gasteiger partial charge in [0.25, 0.3) is 0 Å². The summed E-state index contributed by atoms with van der Waals surface area (Å²) in [4.78, 5) is 0. The molecule has 0 atom stereocenters. The fraction of sp³-hybridized carbons (Fsp3) is 0.500. The molecule has 1 aliphatic rings. The fourth-order valence-corrected chi connectivity index (χ4v) is 3.30. The average Bonchev–Trinajstić information content (AvgIpc) is 2.46. The largest absolute Gasteiger partial charge is 0.424 e. The Balaban J connectivity index is 1.97. The molecular formula is C12H17O5PS. The third-order valence-electron chi connectivity index (χ3n) is 2.29. The van der Waals surface area contributed by atoms with E-state index in [1.165, 1.54) is 0 Å². The minimum atomic E-state index is -2.80. The van der Waals surface area contributed by atoms with Gasteiger partial charge in [-0.2, -0.15) is 0 Å². The van der Waals surface area contributed by atoms with E-state index < -0.39 is 6.72 Å². The maximum absolute atomic E-state index is 5.69. The first kappa shape index (κ1) is 14.9. The normalized spacial score (nSPS) is 21.3. The monoisotopic (exact) mass is 304 g/mol. The molecule has 19 heavy (non-hydrogen) atoms. The molecule has 0 spiro atoms. The first-order valence-corrected chi connectivity index (χ1v) is 8.63. The first-order chi connectivity index (χ1) is 9.29. The highest BCUT2D eigenvalue weighted by atomic mass is 32.5. The lowest BCUT2D eigenvalue weighted by Gasteiger charge is -2.21. The van der Waals surface area contributed by atoms with E-state index in [0.717, 1.165) is 0 Å². The van der Waals surface area contributed by atoms with Gasteiger partial charge in [0.2, 0.25) is 0 Å². The highest BCUT2D eigenvalue weighted by Crippen LogP contribution is 2.49. The van der Waals surface area contributed by atoms with Crippen LogP contribution in [0.15, 0.2) is 30.3 Å². The summed E-state index contributed by atoms with van der Waals surface area (Å²) in [5.41, 5.74) is 0. The minimum Gasteiger partial charge on any atom is -0.424 e. The van der Waals surface area contributed by atoms with Gasteiger partial charge in [0.15, 0.2) is 0 Å². The van der Waals surface area contributed by atoms with Gasteiger partial charge < -0.3 is 14.0 Å². The number of hydrogen-bond donors (Lipinski definition) is 0. The van der Waals surface area contributed by atoms with Crippen LogP contribution in [0.2, 0.25) is 0 Å². The molecule has 1 aromatic rings. The van der Waals surface area contributed by atoms with Crippen LogP contribution in [0.4, 0.5) is 0 Å². The number of benzene rings is 1. The van der Waals surface area contributed by atoms with Gasteiger partial charge in [-0.25, -0.2) is 0 Å². The van der Waals surface area contributed by atoms with Crippen LogP contribution < -0.4 is 4.52 Å². The summed E-state index contributed by atoms with van der Waals surface area (Å²) in [5.74, 6) is 0.641. The van der Waals surface area contributed by atoms with E-state index in [9.17, 15) is 0 Å². The molecule has 0 saturated carbocycles. The fourth-order valence-electron chi connectivity index (χ4n) is 1.44. The average molecular weight is 304 g/mol. The van der Waals surface area contributed by atoms with Gasteiger partial charge in [0.1, 0.15) is 5.75 Å². The first-order valence-electron chi connectivity index (χ1n) is 6.08. The minimum absolute atomic E-state index is 0.351. The zero-order chi connectivity index (χ0) is 13.4. The molecule has 1 aliphatic heterocycles. The highest BCUT2D eigenvalue weighted by molar-refractivity contribution is 8.07. The molecule has 7 heteroatoms. The summed E-state index contributed by atoms with van der Waals surface area (Å²) in [6.07, 6.45) is 0. The highest BCUT2D eigenvalue weighted by Gasteiger charge is 2.22. The predicted molar refractivity (Wildman–Crippen MR) is 74.9 cm³/mol. The predicted octanol–water partition coefficient (Wildman–Crippen LogP) is 2.37. The van der Waals surface area contributed by atoms with Crippen molar-refractivity contribution in [3.05, 3.63) is 30.3 Å². The molecule has 5 nitrogen and oxygen atoms in total. The van der Waals surface area contributed by atoms with Crippen LogP contribution in [0.1, 0.15) is 0 Å². The van der Waals surface area contributed by atoms with Gasteiger partial charge in [0, 0.05) is 11.8 Å². The molecule has 1 fully saturated rings. The Morgan fingerprint density at radius 2 is 1.37 bits per heavy atom. The summed E-state index contributed by atoms with van der Waals surface area (Å²) in [6, 6.07) is 9.28. The van der Waals surface area contributed by atoms with Crippen LogP contribution in [-0.2, 0) is 30.3 Å². The zero-order valence-corrected chi connectivity index (χ0v) is 12.2. The second kappa shape index (κ2) is 7.94. The summed E-state index contributed by atoms with van der Waals surface area (Å²) in [6.45, 7) is -0.107. The number of ether oxygens (including phenoxy) is 2. The van der Waals surface area contributed by atoms with Crippen molar-refractivity contribution >= 4 is 18.5 Å². The van der Waals surface area contributed by atoms with E-state index in [1.54, 1.807) is 0 Å². The number of rotatable bonds is 2. The Bertz CT molecular complexity index is 398. The Kier molecular flexibility index (Phi) is 6.23. The smallest absolute Gasteiger partial charge is 0.380 e. The van der Waals surface area contributed by atoms with Crippen LogP contribution in [0.5, 0.6) is 5.75 Å². The number of hydrogen-bond acceptors (Lipinski definition) is 6. The maximum atomic E-state index is 5.69.